The fourth-order valence-corrected chi connectivity index (χ4v) is 2.65. The van der Waals surface area contributed by atoms with Crippen molar-refractivity contribution in [1.82, 2.24) is 0 Å². The molecule has 0 aliphatic carbocycles. The molecule has 3 nitrogen and oxygen atoms in total. The number of carbonyl (C=O) groups is 1. The summed E-state index contributed by atoms with van der Waals surface area (Å²) in [5.74, 6) is 2.66. The SMILES string of the molecule is C#Cc1ccc2c(c1)N(c1ccccc1)C(=C)CC(=O)N2C. The maximum atomic E-state index is 12.3. The first-order valence-electron chi connectivity index (χ1n) is 7.02. The quantitative estimate of drug-likeness (QED) is 0.747. The van der Waals surface area contributed by atoms with Gasteiger partial charge in [-0.05, 0) is 30.3 Å². The van der Waals surface area contributed by atoms with E-state index >= 15 is 0 Å². The molecule has 0 radical (unpaired) electrons. The van der Waals surface area contributed by atoms with Crippen LogP contribution in [0.15, 0.2) is 60.8 Å². The Morgan fingerprint density at radius 3 is 2.55 bits per heavy atom. The van der Waals surface area contributed by atoms with Crippen molar-refractivity contribution in [3.8, 4) is 12.3 Å². The summed E-state index contributed by atoms with van der Waals surface area (Å²) in [4.78, 5) is 16.0. The molecule has 3 heteroatoms. The van der Waals surface area contributed by atoms with Crippen LogP contribution in [0, 0.1) is 12.3 Å². The molecule has 0 N–H and O–H groups in total. The van der Waals surface area contributed by atoms with Crippen LogP contribution in [0.4, 0.5) is 17.1 Å². The Bertz CT molecular complexity index is 787. The first-order valence-corrected chi connectivity index (χ1v) is 7.02. The maximum absolute atomic E-state index is 12.3. The zero-order valence-corrected chi connectivity index (χ0v) is 12.4. The summed E-state index contributed by atoms with van der Waals surface area (Å²) in [6.45, 7) is 4.10. The molecule has 22 heavy (non-hydrogen) atoms. The van der Waals surface area contributed by atoms with Crippen molar-refractivity contribution < 1.29 is 4.79 Å². The van der Waals surface area contributed by atoms with Gasteiger partial charge >= 0.3 is 0 Å². The van der Waals surface area contributed by atoms with Gasteiger partial charge in [-0.3, -0.25) is 4.79 Å². The van der Waals surface area contributed by atoms with Gasteiger partial charge < -0.3 is 9.80 Å². The third-order valence-electron chi connectivity index (χ3n) is 3.80. The van der Waals surface area contributed by atoms with Crippen LogP contribution in [0.5, 0.6) is 0 Å². The number of para-hydroxylation sites is 1. The zero-order valence-electron chi connectivity index (χ0n) is 12.4. The molecule has 3 rings (SSSR count). The molecule has 0 atom stereocenters. The first-order chi connectivity index (χ1) is 10.6. The Morgan fingerprint density at radius 2 is 1.86 bits per heavy atom. The normalized spacial score (nSPS) is 14.4. The molecule has 0 aromatic heterocycles. The summed E-state index contributed by atoms with van der Waals surface area (Å²) in [5.41, 5.74) is 4.17. The number of rotatable bonds is 1. The second-order valence-electron chi connectivity index (χ2n) is 5.21. The van der Waals surface area contributed by atoms with Crippen LogP contribution in [-0.2, 0) is 4.79 Å². The number of carbonyl (C=O) groups excluding carboxylic acids is 1. The summed E-state index contributed by atoms with van der Waals surface area (Å²) in [7, 11) is 1.78. The van der Waals surface area contributed by atoms with Gasteiger partial charge in [0.2, 0.25) is 5.91 Å². The highest BCUT2D eigenvalue weighted by molar-refractivity contribution is 6.01. The van der Waals surface area contributed by atoms with E-state index in [-0.39, 0.29) is 12.3 Å². The van der Waals surface area contributed by atoms with Crippen molar-refractivity contribution in [2.45, 2.75) is 6.42 Å². The van der Waals surface area contributed by atoms with Crippen molar-refractivity contribution in [3.63, 3.8) is 0 Å². The predicted molar refractivity (Wildman–Crippen MR) is 90.1 cm³/mol. The minimum absolute atomic E-state index is 0.0122. The average Bonchev–Trinajstić information content (AvgIpc) is 2.63. The van der Waals surface area contributed by atoms with Gasteiger partial charge in [0.05, 0.1) is 17.8 Å². The number of anilines is 3. The average molecular weight is 288 g/mol. The van der Waals surface area contributed by atoms with E-state index in [0.29, 0.717) is 0 Å². The fraction of sp³-hybridized carbons (Fsp3) is 0.105. The number of fused-ring (bicyclic) bond motifs is 1. The molecule has 2 aromatic carbocycles. The topological polar surface area (TPSA) is 23.6 Å². The van der Waals surface area contributed by atoms with E-state index in [4.69, 9.17) is 6.42 Å². The van der Waals surface area contributed by atoms with Gasteiger partial charge in [-0.2, -0.15) is 0 Å². The lowest BCUT2D eigenvalue weighted by Crippen LogP contribution is -2.24. The van der Waals surface area contributed by atoms with Crippen LogP contribution >= 0.6 is 0 Å². The second-order valence-corrected chi connectivity index (χ2v) is 5.21. The number of hydrogen-bond acceptors (Lipinski definition) is 2. The number of terminal acetylenes is 1. The summed E-state index contributed by atoms with van der Waals surface area (Å²) < 4.78 is 0. The highest BCUT2D eigenvalue weighted by Crippen LogP contribution is 2.40. The Morgan fingerprint density at radius 1 is 1.14 bits per heavy atom. The van der Waals surface area contributed by atoms with E-state index in [1.807, 2.05) is 53.4 Å². The van der Waals surface area contributed by atoms with Crippen LogP contribution in [0.2, 0.25) is 0 Å². The molecule has 1 amide bonds. The minimum Gasteiger partial charge on any atom is -0.313 e. The Hall–Kier alpha value is -2.99. The number of nitrogens with zero attached hydrogens (tertiary/aromatic N) is 2. The van der Waals surface area contributed by atoms with Crippen LogP contribution in [0.3, 0.4) is 0 Å². The van der Waals surface area contributed by atoms with E-state index in [2.05, 4.69) is 12.5 Å². The van der Waals surface area contributed by atoms with Gasteiger partial charge in [-0.25, -0.2) is 0 Å². The van der Waals surface area contributed by atoms with Gasteiger partial charge in [0.25, 0.3) is 0 Å². The Balaban J connectivity index is 2.26. The van der Waals surface area contributed by atoms with Crippen LogP contribution in [0.25, 0.3) is 0 Å². The zero-order chi connectivity index (χ0) is 15.7. The molecule has 1 aliphatic heterocycles. The van der Waals surface area contributed by atoms with Crippen LogP contribution in [0.1, 0.15) is 12.0 Å². The Labute approximate surface area is 130 Å². The smallest absolute Gasteiger partial charge is 0.232 e. The standard InChI is InChI=1S/C19H16N2O/c1-4-15-10-11-17-18(13-15)21(16-8-6-5-7-9-16)14(2)12-19(22)20(17)3/h1,5-11,13H,2,12H2,3H3. The monoisotopic (exact) mass is 288 g/mol. The summed E-state index contributed by atoms with van der Waals surface area (Å²) in [6.07, 6.45) is 5.80. The van der Waals surface area contributed by atoms with E-state index in [1.54, 1.807) is 11.9 Å². The van der Waals surface area contributed by atoms with Crippen molar-refractivity contribution in [2.75, 3.05) is 16.8 Å². The van der Waals surface area contributed by atoms with Gasteiger partial charge in [0.15, 0.2) is 0 Å². The highest BCUT2D eigenvalue weighted by atomic mass is 16.2. The van der Waals surface area contributed by atoms with Crippen molar-refractivity contribution in [3.05, 3.63) is 66.4 Å². The van der Waals surface area contributed by atoms with Crippen molar-refractivity contribution in [1.29, 1.82) is 0 Å². The minimum atomic E-state index is 0.0122. The van der Waals surface area contributed by atoms with Gasteiger partial charge in [-0.15, -0.1) is 6.42 Å². The second kappa shape index (κ2) is 5.42. The van der Waals surface area contributed by atoms with Crippen molar-refractivity contribution in [2.24, 2.45) is 0 Å². The molecule has 0 saturated carbocycles. The van der Waals surface area contributed by atoms with Gasteiger partial charge in [0, 0.05) is 24.0 Å². The molecule has 0 spiro atoms. The van der Waals surface area contributed by atoms with E-state index < -0.39 is 0 Å². The summed E-state index contributed by atoms with van der Waals surface area (Å²) >= 11 is 0. The van der Waals surface area contributed by atoms with E-state index in [0.717, 1.165) is 28.3 Å². The summed E-state index contributed by atoms with van der Waals surface area (Å²) in [6, 6.07) is 15.5. The molecule has 1 heterocycles. The van der Waals surface area contributed by atoms with Gasteiger partial charge in [0.1, 0.15) is 0 Å². The molecule has 0 unspecified atom stereocenters. The fourth-order valence-electron chi connectivity index (χ4n) is 2.65. The Kier molecular flexibility index (Phi) is 3.44. The van der Waals surface area contributed by atoms with E-state index in [9.17, 15) is 4.79 Å². The number of hydrogen-bond donors (Lipinski definition) is 0. The van der Waals surface area contributed by atoms with Gasteiger partial charge in [-0.1, -0.05) is 30.7 Å². The molecule has 0 bridgehead atoms. The largest absolute Gasteiger partial charge is 0.313 e. The molecule has 0 fully saturated rings. The summed E-state index contributed by atoms with van der Waals surface area (Å²) in [5, 5.41) is 0. The number of benzene rings is 2. The lowest BCUT2D eigenvalue weighted by molar-refractivity contribution is -0.117. The molecule has 2 aromatic rings. The predicted octanol–water partition coefficient (Wildman–Crippen LogP) is 3.69. The van der Waals surface area contributed by atoms with E-state index in [1.165, 1.54) is 0 Å². The maximum Gasteiger partial charge on any atom is 0.232 e. The number of amides is 1. The van der Waals surface area contributed by atoms with Crippen LogP contribution < -0.4 is 9.80 Å². The van der Waals surface area contributed by atoms with Crippen LogP contribution in [-0.4, -0.2) is 13.0 Å². The van der Waals surface area contributed by atoms with Crippen molar-refractivity contribution >= 4 is 23.0 Å². The highest BCUT2D eigenvalue weighted by Gasteiger charge is 2.27. The molecular formula is C19H16N2O. The third-order valence-corrected chi connectivity index (χ3v) is 3.80. The third kappa shape index (κ3) is 2.25. The molecule has 0 saturated heterocycles. The molecular weight excluding hydrogens is 272 g/mol. The molecule has 108 valence electrons. The lowest BCUT2D eigenvalue weighted by Gasteiger charge is -2.27. The molecule has 1 aliphatic rings. The lowest BCUT2D eigenvalue weighted by atomic mass is 10.1. The first kappa shape index (κ1) is 14.0.